The lowest BCUT2D eigenvalue weighted by Gasteiger charge is -2.17. The Labute approximate surface area is 151 Å². The Balaban J connectivity index is 2.38. The first-order valence-electron chi connectivity index (χ1n) is 8.46. The lowest BCUT2D eigenvalue weighted by molar-refractivity contribution is 0.321. The van der Waals surface area contributed by atoms with E-state index >= 15 is 0 Å². The molecule has 0 bridgehead atoms. The number of ether oxygens (including phenoxy) is 1. The van der Waals surface area contributed by atoms with Crippen molar-refractivity contribution in [2.75, 3.05) is 6.61 Å². The van der Waals surface area contributed by atoms with Crippen molar-refractivity contribution >= 4 is 10.9 Å². The summed E-state index contributed by atoms with van der Waals surface area (Å²) >= 11 is 0. The summed E-state index contributed by atoms with van der Waals surface area (Å²) in [5, 5.41) is 10.5. The van der Waals surface area contributed by atoms with Crippen LogP contribution in [-0.4, -0.2) is 21.3 Å². The Morgan fingerprint density at radius 1 is 1.23 bits per heavy atom. The molecule has 0 radical (unpaired) electrons. The summed E-state index contributed by atoms with van der Waals surface area (Å²) in [7, 11) is 0. The van der Waals surface area contributed by atoms with Crippen molar-refractivity contribution in [3.63, 3.8) is 0 Å². The molecule has 26 heavy (non-hydrogen) atoms. The molecule has 0 unspecified atom stereocenters. The van der Waals surface area contributed by atoms with Gasteiger partial charge in [-0.2, -0.15) is 0 Å². The lowest BCUT2D eigenvalue weighted by Crippen LogP contribution is -2.25. The molecule has 0 saturated carbocycles. The summed E-state index contributed by atoms with van der Waals surface area (Å²) in [6.45, 7) is 6.10. The number of phenolic OH excluding ortho intramolecular Hbond substituents is 1. The van der Waals surface area contributed by atoms with Crippen LogP contribution in [0, 0.1) is 12.3 Å². The number of aromatic nitrogens is 2. The molecule has 0 saturated heterocycles. The van der Waals surface area contributed by atoms with Gasteiger partial charge in [0.15, 0.2) is 11.5 Å². The molecule has 3 rings (SSSR count). The Kier molecular flexibility index (Phi) is 4.68. The minimum absolute atomic E-state index is 0.0174. The number of rotatable bonds is 4. The van der Waals surface area contributed by atoms with Gasteiger partial charge in [0.25, 0.3) is 5.56 Å². The maximum Gasteiger partial charge on any atom is 0.266 e. The van der Waals surface area contributed by atoms with Gasteiger partial charge in [-0.3, -0.25) is 9.36 Å². The molecule has 0 amide bonds. The van der Waals surface area contributed by atoms with E-state index in [1.165, 1.54) is 6.07 Å². The summed E-state index contributed by atoms with van der Waals surface area (Å²) < 4.78 is 7.12. The predicted molar refractivity (Wildman–Crippen MR) is 102 cm³/mol. The number of hydrogen-bond donors (Lipinski definition) is 1. The second-order valence-electron chi connectivity index (χ2n) is 6.20. The zero-order valence-corrected chi connectivity index (χ0v) is 15.0. The molecule has 1 N–H and O–H groups in total. The highest BCUT2D eigenvalue weighted by Gasteiger charge is 2.19. The van der Waals surface area contributed by atoms with Crippen molar-refractivity contribution in [3.05, 3.63) is 58.1 Å². The number of phenols is 1. The van der Waals surface area contributed by atoms with Gasteiger partial charge in [-0.05, 0) is 43.3 Å². The Morgan fingerprint density at radius 3 is 2.50 bits per heavy atom. The van der Waals surface area contributed by atoms with Crippen molar-refractivity contribution in [1.82, 2.24) is 9.55 Å². The van der Waals surface area contributed by atoms with Gasteiger partial charge in [-0.25, -0.2) is 4.98 Å². The number of benzene rings is 2. The Hall–Kier alpha value is -3.26. The lowest BCUT2D eigenvalue weighted by atomic mass is 10.1. The standard InChI is InChI=1S/C21H20N2O3/c1-5-14-7-9-15(10-8-14)23-20(13(3)4)22-18-16(21(23)25)11-12-17(24)19(18)26-6-2/h1,7-13,24H,6H2,2-4H3. The predicted octanol–water partition coefficient (Wildman–Crippen LogP) is 3.59. The smallest absolute Gasteiger partial charge is 0.266 e. The highest BCUT2D eigenvalue weighted by Crippen LogP contribution is 2.33. The van der Waals surface area contributed by atoms with E-state index in [2.05, 4.69) is 10.9 Å². The third kappa shape index (κ3) is 2.91. The fourth-order valence-corrected chi connectivity index (χ4v) is 2.86. The molecule has 0 atom stereocenters. The molecule has 0 aliphatic rings. The van der Waals surface area contributed by atoms with Crippen LogP contribution in [0.1, 0.15) is 38.1 Å². The van der Waals surface area contributed by atoms with Gasteiger partial charge in [0.1, 0.15) is 11.3 Å². The van der Waals surface area contributed by atoms with Crippen molar-refractivity contribution in [3.8, 4) is 29.5 Å². The minimum atomic E-state index is -0.215. The Bertz CT molecular complexity index is 1060. The molecule has 3 aromatic rings. The second kappa shape index (κ2) is 6.93. The van der Waals surface area contributed by atoms with Gasteiger partial charge in [0, 0.05) is 11.5 Å². The number of terminal acetylenes is 1. The van der Waals surface area contributed by atoms with E-state index in [9.17, 15) is 9.90 Å². The average molecular weight is 348 g/mol. The summed E-state index contributed by atoms with van der Waals surface area (Å²) in [6, 6.07) is 10.2. The van der Waals surface area contributed by atoms with Crippen LogP contribution in [0.2, 0.25) is 0 Å². The fraction of sp³-hybridized carbons (Fsp3) is 0.238. The van der Waals surface area contributed by atoms with Crippen molar-refractivity contribution in [1.29, 1.82) is 0 Å². The topological polar surface area (TPSA) is 64.3 Å². The van der Waals surface area contributed by atoms with E-state index in [-0.39, 0.29) is 23.0 Å². The minimum Gasteiger partial charge on any atom is -0.504 e. The Morgan fingerprint density at radius 2 is 1.92 bits per heavy atom. The van der Waals surface area contributed by atoms with Crippen LogP contribution in [0.25, 0.3) is 16.6 Å². The van der Waals surface area contributed by atoms with E-state index in [0.29, 0.717) is 29.0 Å². The maximum atomic E-state index is 13.2. The van der Waals surface area contributed by atoms with Crippen LogP contribution in [0.3, 0.4) is 0 Å². The van der Waals surface area contributed by atoms with Gasteiger partial charge < -0.3 is 9.84 Å². The number of hydrogen-bond acceptors (Lipinski definition) is 4. The van der Waals surface area contributed by atoms with Gasteiger partial charge >= 0.3 is 0 Å². The monoisotopic (exact) mass is 348 g/mol. The first-order valence-corrected chi connectivity index (χ1v) is 8.46. The largest absolute Gasteiger partial charge is 0.504 e. The molecular formula is C21H20N2O3. The molecule has 132 valence electrons. The first kappa shape index (κ1) is 17.6. The summed E-state index contributed by atoms with van der Waals surface area (Å²) in [6.07, 6.45) is 5.41. The summed E-state index contributed by atoms with van der Waals surface area (Å²) in [4.78, 5) is 17.9. The molecule has 0 fully saturated rings. The van der Waals surface area contributed by atoms with E-state index in [0.717, 1.165) is 5.56 Å². The highest BCUT2D eigenvalue weighted by atomic mass is 16.5. The van der Waals surface area contributed by atoms with Crippen molar-refractivity contribution in [2.45, 2.75) is 26.7 Å². The van der Waals surface area contributed by atoms with Crippen LogP contribution in [0.15, 0.2) is 41.2 Å². The average Bonchev–Trinajstić information content (AvgIpc) is 2.64. The number of fused-ring (bicyclic) bond motifs is 1. The third-order valence-electron chi connectivity index (χ3n) is 4.10. The van der Waals surface area contributed by atoms with Gasteiger partial charge in [0.2, 0.25) is 0 Å². The van der Waals surface area contributed by atoms with Crippen LogP contribution < -0.4 is 10.3 Å². The number of aromatic hydroxyl groups is 1. The third-order valence-corrected chi connectivity index (χ3v) is 4.10. The summed E-state index contributed by atoms with van der Waals surface area (Å²) in [5.74, 6) is 3.34. The van der Waals surface area contributed by atoms with Crippen LogP contribution in [0.5, 0.6) is 11.5 Å². The number of nitrogens with zero attached hydrogens (tertiary/aromatic N) is 2. The SMILES string of the molecule is C#Cc1ccc(-n2c(C(C)C)nc3c(OCC)c(O)ccc3c2=O)cc1. The molecule has 1 aromatic heterocycles. The van der Waals surface area contributed by atoms with E-state index < -0.39 is 0 Å². The zero-order chi connectivity index (χ0) is 18.8. The van der Waals surface area contributed by atoms with Crippen molar-refractivity contribution in [2.24, 2.45) is 0 Å². The zero-order valence-electron chi connectivity index (χ0n) is 15.0. The van der Waals surface area contributed by atoms with E-state index in [1.807, 2.05) is 20.8 Å². The first-order chi connectivity index (χ1) is 12.5. The van der Waals surface area contributed by atoms with E-state index in [4.69, 9.17) is 11.2 Å². The highest BCUT2D eigenvalue weighted by molar-refractivity contribution is 5.86. The van der Waals surface area contributed by atoms with Crippen LogP contribution in [0.4, 0.5) is 0 Å². The maximum absolute atomic E-state index is 13.2. The fourth-order valence-electron chi connectivity index (χ4n) is 2.86. The second-order valence-corrected chi connectivity index (χ2v) is 6.20. The molecule has 0 aliphatic heterocycles. The normalized spacial score (nSPS) is 10.9. The van der Waals surface area contributed by atoms with Crippen molar-refractivity contribution < 1.29 is 9.84 Å². The molecule has 5 heteroatoms. The molecule has 1 heterocycles. The van der Waals surface area contributed by atoms with Crippen LogP contribution in [-0.2, 0) is 0 Å². The molecule has 0 spiro atoms. The molecule has 2 aromatic carbocycles. The van der Waals surface area contributed by atoms with Gasteiger partial charge in [0.05, 0.1) is 17.7 Å². The molecule has 0 aliphatic carbocycles. The van der Waals surface area contributed by atoms with Gasteiger partial charge in [-0.1, -0.05) is 19.8 Å². The van der Waals surface area contributed by atoms with Gasteiger partial charge in [-0.15, -0.1) is 6.42 Å². The molecular weight excluding hydrogens is 328 g/mol. The van der Waals surface area contributed by atoms with Crippen LogP contribution >= 0.6 is 0 Å². The summed E-state index contributed by atoms with van der Waals surface area (Å²) in [5.41, 5.74) is 1.59. The molecule has 5 nitrogen and oxygen atoms in total. The van der Waals surface area contributed by atoms with E-state index in [1.54, 1.807) is 34.9 Å². The quantitative estimate of drug-likeness (QED) is 0.732.